The Morgan fingerprint density at radius 2 is 2.20 bits per heavy atom. The third-order valence-electron chi connectivity index (χ3n) is 2.68. The van der Waals surface area contributed by atoms with Gasteiger partial charge in [0.1, 0.15) is 5.03 Å². The zero-order valence-electron chi connectivity index (χ0n) is 11.3. The Bertz CT molecular complexity index is 537. The SMILES string of the molecule is COCCNCc1ccc(Br)cc1Sc1ccccn1. The van der Waals surface area contributed by atoms with Gasteiger partial charge in [0.15, 0.2) is 0 Å². The van der Waals surface area contributed by atoms with Gasteiger partial charge in [-0.2, -0.15) is 0 Å². The Morgan fingerprint density at radius 3 is 2.95 bits per heavy atom. The van der Waals surface area contributed by atoms with E-state index in [1.165, 1.54) is 10.5 Å². The lowest BCUT2D eigenvalue weighted by molar-refractivity contribution is 0.199. The maximum Gasteiger partial charge on any atom is 0.101 e. The second kappa shape index (κ2) is 8.42. The van der Waals surface area contributed by atoms with E-state index < -0.39 is 0 Å². The highest BCUT2D eigenvalue weighted by molar-refractivity contribution is 9.10. The Morgan fingerprint density at radius 1 is 1.30 bits per heavy atom. The van der Waals surface area contributed by atoms with Gasteiger partial charge in [-0.3, -0.25) is 0 Å². The molecular formula is C15H17BrN2OS. The van der Waals surface area contributed by atoms with Gasteiger partial charge in [-0.05, 0) is 29.8 Å². The third-order valence-corrected chi connectivity index (χ3v) is 4.22. The van der Waals surface area contributed by atoms with Crippen LogP contribution in [0.15, 0.2) is 57.0 Å². The molecule has 0 aliphatic rings. The molecule has 20 heavy (non-hydrogen) atoms. The average Bonchev–Trinajstić information content (AvgIpc) is 2.47. The smallest absolute Gasteiger partial charge is 0.101 e. The van der Waals surface area contributed by atoms with Gasteiger partial charge in [0.05, 0.1) is 6.61 Å². The quantitative estimate of drug-likeness (QED) is 0.769. The molecule has 0 saturated heterocycles. The summed E-state index contributed by atoms with van der Waals surface area (Å²) < 4.78 is 6.12. The number of hydrogen-bond donors (Lipinski definition) is 1. The first kappa shape index (κ1) is 15.5. The average molecular weight is 353 g/mol. The van der Waals surface area contributed by atoms with Crippen molar-refractivity contribution in [2.75, 3.05) is 20.3 Å². The molecule has 1 heterocycles. The molecule has 1 N–H and O–H groups in total. The highest BCUT2D eigenvalue weighted by atomic mass is 79.9. The van der Waals surface area contributed by atoms with E-state index in [4.69, 9.17) is 4.74 Å². The summed E-state index contributed by atoms with van der Waals surface area (Å²) in [4.78, 5) is 5.57. The van der Waals surface area contributed by atoms with Crippen LogP contribution in [-0.2, 0) is 11.3 Å². The van der Waals surface area contributed by atoms with E-state index in [1.807, 2.05) is 24.4 Å². The van der Waals surface area contributed by atoms with Gasteiger partial charge in [0, 0.05) is 35.8 Å². The van der Waals surface area contributed by atoms with Crippen LogP contribution < -0.4 is 5.32 Å². The number of aromatic nitrogens is 1. The Balaban J connectivity index is 2.07. The topological polar surface area (TPSA) is 34.1 Å². The van der Waals surface area contributed by atoms with Gasteiger partial charge in [0.25, 0.3) is 0 Å². The van der Waals surface area contributed by atoms with E-state index in [1.54, 1.807) is 18.9 Å². The molecule has 0 radical (unpaired) electrons. The van der Waals surface area contributed by atoms with Crippen LogP contribution in [0.2, 0.25) is 0 Å². The molecule has 1 aromatic heterocycles. The normalized spacial score (nSPS) is 10.7. The lowest BCUT2D eigenvalue weighted by Gasteiger charge is -2.10. The molecule has 0 aliphatic carbocycles. The monoisotopic (exact) mass is 352 g/mol. The molecule has 1 aromatic carbocycles. The van der Waals surface area contributed by atoms with Gasteiger partial charge >= 0.3 is 0 Å². The van der Waals surface area contributed by atoms with E-state index in [2.05, 4.69) is 44.4 Å². The fourth-order valence-corrected chi connectivity index (χ4v) is 3.14. The van der Waals surface area contributed by atoms with Crippen LogP contribution in [0.25, 0.3) is 0 Å². The second-order valence-electron chi connectivity index (χ2n) is 4.19. The van der Waals surface area contributed by atoms with Crippen molar-refractivity contribution in [1.82, 2.24) is 10.3 Å². The lowest BCUT2D eigenvalue weighted by Crippen LogP contribution is -2.18. The molecule has 3 nitrogen and oxygen atoms in total. The number of ether oxygens (including phenoxy) is 1. The van der Waals surface area contributed by atoms with Gasteiger partial charge in [-0.1, -0.05) is 39.8 Å². The van der Waals surface area contributed by atoms with E-state index in [-0.39, 0.29) is 0 Å². The van der Waals surface area contributed by atoms with Crippen molar-refractivity contribution in [2.45, 2.75) is 16.5 Å². The first-order valence-electron chi connectivity index (χ1n) is 6.36. The number of rotatable bonds is 7. The third kappa shape index (κ3) is 4.90. The van der Waals surface area contributed by atoms with Crippen LogP contribution in [-0.4, -0.2) is 25.2 Å². The fourth-order valence-electron chi connectivity index (χ4n) is 1.69. The van der Waals surface area contributed by atoms with E-state index >= 15 is 0 Å². The van der Waals surface area contributed by atoms with Crippen LogP contribution >= 0.6 is 27.7 Å². The van der Waals surface area contributed by atoms with E-state index in [0.717, 1.165) is 29.2 Å². The predicted octanol–water partition coefficient (Wildman–Crippen LogP) is 3.73. The number of methoxy groups -OCH3 is 1. The summed E-state index contributed by atoms with van der Waals surface area (Å²) in [6.07, 6.45) is 1.82. The maximum atomic E-state index is 5.04. The molecular weight excluding hydrogens is 336 g/mol. The summed E-state index contributed by atoms with van der Waals surface area (Å²) in [5.74, 6) is 0. The molecule has 106 valence electrons. The molecule has 0 atom stereocenters. The van der Waals surface area contributed by atoms with Gasteiger partial charge in [-0.15, -0.1) is 0 Å². The maximum absolute atomic E-state index is 5.04. The minimum atomic E-state index is 0.721. The van der Waals surface area contributed by atoms with Crippen molar-refractivity contribution in [3.8, 4) is 0 Å². The number of pyridine rings is 1. The van der Waals surface area contributed by atoms with Crippen molar-refractivity contribution >= 4 is 27.7 Å². The molecule has 0 unspecified atom stereocenters. The lowest BCUT2D eigenvalue weighted by atomic mass is 10.2. The minimum Gasteiger partial charge on any atom is -0.383 e. The van der Waals surface area contributed by atoms with Crippen LogP contribution in [0.5, 0.6) is 0 Å². The number of benzene rings is 1. The van der Waals surface area contributed by atoms with Crippen molar-refractivity contribution < 1.29 is 4.74 Å². The molecule has 0 spiro atoms. The van der Waals surface area contributed by atoms with Crippen molar-refractivity contribution in [3.05, 3.63) is 52.6 Å². The van der Waals surface area contributed by atoms with Crippen molar-refractivity contribution in [1.29, 1.82) is 0 Å². The van der Waals surface area contributed by atoms with Crippen molar-refractivity contribution in [2.24, 2.45) is 0 Å². The van der Waals surface area contributed by atoms with Crippen LogP contribution in [0, 0.1) is 0 Å². The molecule has 0 amide bonds. The van der Waals surface area contributed by atoms with Crippen molar-refractivity contribution in [3.63, 3.8) is 0 Å². The molecule has 0 aliphatic heterocycles. The van der Waals surface area contributed by atoms with Crippen LogP contribution in [0.3, 0.4) is 0 Å². The predicted molar refractivity (Wildman–Crippen MR) is 86.1 cm³/mol. The summed E-state index contributed by atoms with van der Waals surface area (Å²) in [5, 5.41) is 4.38. The molecule has 0 saturated carbocycles. The minimum absolute atomic E-state index is 0.721. The fraction of sp³-hybridized carbons (Fsp3) is 0.267. The molecule has 2 aromatic rings. The van der Waals surface area contributed by atoms with E-state index in [9.17, 15) is 0 Å². The summed E-state index contributed by atoms with van der Waals surface area (Å²) in [6, 6.07) is 12.3. The molecule has 5 heteroatoms. The summed E-state index contributed by atoms with van der Waals surface area (Å²) in [6.45, 7) is 2.39. The standard InChI is InChI=1S/C15H17BrN2OS/c1-19-9-8-17-11-12-5-6-13(16)10-14(12)20-15-4-2-3-7-18-15/h2-7,10,17H,8-9,11H2,1H3. The Kier molecular flexibility index (Phi) is 6.53. The van der Waals surface area contributed by atoms with Gasteiger partial charge < -0.3 is 10.1 Å². The summed E-state index contributed by atoms with van der Waals surface area (Å²) in [5.41, 5.74) is 1.26. The zero-order valence-corrected chi connectivity index (χ0v) is 13.7. The Hall–Kier alpha value is -0.880. The largest absolute Gasteiger partial charge is 0.383 e. The summed E-state index contributed by atoms with van der Waals surface area (Å²) >= 11 is 5.21. The molecule has 2 rings (SSSR count). The number of nitrogens with one attached hydrogen (secondary N) is 1. The van der Waals surface area contributed by atoms with Crippen LogP contribution in [0.4, 0.5) is 0 Å². The molecule has 0 fully saturated rings. The highest BCUT2D eigenvalue weighted by Gasteiger charge is 2.06. The van der Waals surface area contributed by atoms with E-state index in [0.29, 0.717) is 0 Å². The number of hydrogen-bond acceptors (Lipinski definition) is 4. The number of halogens is 1. The zero-order chi connectivity index (χ0) is 14.2. The second-order valence-corrected chi connectivity index (χ2v) is 6.17. The van der Waals surface area contributed by atoms with Crippen LogP contribution in [0.1, 0.15) is 5.56 Å². The Labute approximate surface area is 132 Å². The first-order valence-corrected chi connectivity index (χ1v) is 7.97. The van der Waals surface area contributed by atoms with Gasteiger partial charge in [-0.25, -0.2) is 4.98 Å². The van der Waals surface area contributed by atoms with Gasteiger partial charge in [0.2, 0.25) is 0 Å². The highest BCUT2D eigenvalue weighted by Crippen LogP contribution is 2.31. The first-order chi connectivity index (χ1) is 9.79. The summed E-state index contributed by atoms with van der Waals surface area (Å²) in [7, 11) is 1.71. The number of nitrogens with zero attached hydrogens (tertiary/aromatic N) is 1. The molecule has 0 bridgehead atoms.